The van der Waals surface area contributed by atoms with E-state index in [-0.39, 0.29) is 0 Å². The molecule has 6 aromatic carbocycles. The zero-order chi connectivity index (χ0) is 34.9. The average molecular weight is 677 g/mol. The van der Waals surface area contributed by atoms with Crippen LogP contribution in [0.25, 0.3) is 110 Å². The lowest BCUT2D eigenvalue weighted by atomic mass is 9.97. The van der Waals surface area contributed by atoms with Gasteiger partial charge < -0.3 is 4.42 Å². The first-order chi connectivity index (χ1) is 26.2. The molecule has 0 radical (unpaired) electrons. The Hall–Kier alpha value is -7.24. The van der Waals surface area contributed by atoms with E-state index in [1.807, 2.05) is 24.5 Å². The minimum atomic E-state index is 0.863. The standard InChI is InChI=1S/C48H28N4O/c1-5-33(25-37(7-1)41-19-15-31-13-11-29-9-3-23-49-45(29)47(31)51-41)35-17-21-43-39(27-35)40-28-36(18-22-44(40)53-43)34-6-2-8-38(26-34)42-20-16-32-14-12-30-10-4-24-50-46(30)48(32)52-42/h1-28H. The summed E-state index contributed by atoms with van der Waals surface area (Å²) in [7, 11) is 0. The molecule has 11 rings (SSSR count). The largest absolute Gasteiger partial charge is 0.456 e. The first-order valence-electron chi connectivity index (χ1n) is 17.7. The lowest BCUT2D eigenvalue weighted by Gasteiger charge is -2.09. The van der Waals surface area contributed by atoms with Crippen molar-refractivity contribution >= 4 is 65.6 Å². The number of rotatable bonds is 4. The predicted molar refractivity (Wildman–Crippen MR) is 217 cm³/mol. The number of furan rings is 1. The highest BCUT2D eigenvalue weighted by Crippen LogP contribution is 2.37. The fraction of sp³-hybridized carbons (Fsp3) is 0. The third-order valence-electron chi connectivity index (χ3n) is 10.3. The zero-order valence-electron chi connectivity index (χ0n) is 28.4. The molecule has 0 unspecified atom stereocenters. The minimum absolute atomic E-state index is 0.863. The van der Waals surface area contributed by atoms with Crippen molar-refractivity contribution in [2.24, 2.45) is 0 Å². The van der Waals surface area contributed by atoms with Crippen LogP contribution in [0, 0.1) is 0 Å². The van der Waals surface area contributed by atoms with Crippen LogP contribution in [0.3, 0.4) is 0 Å². The van der Waals surface area contributed by atoms with Crippen molar-refractivity contribution in [2.45, 2.75) is 0 Å². The van der Waals surface area contributed by atoms with Gasteiger partial charge in [0.15, 0.2) is 0 Å². The molecule has 11 aromatic rings. The summed E-state index contributed by atoms with van der Waals surface area (Å²) in [4.78, 5) is 19.5. The molecular weight excluding hydrogens is 649 g/mol. The third-order valence-corrected chi connectivity index (χ3v) is 10.3. The molecule has 0 fully saturated rings. The average Bonchev–Trinajstić information content (AvgIpc) is 3.60. The Morgan fingerprint density at radius 2 is 0.736 bits per heavy atom. The number of nitrogens with zero attached hydrogens (tertiary/aromatic N) is 4. The number of fused-ring (bicyclic) bond motifs is 9. The quantitative estimate of drug-likeness (QED) is 0.174. The molecule has 0 aliphatic rings. The second-order valence-electron chi connectivity index (χ2n) is 13.5. The van der Waals surface area contributed by atoms with Crippen molar-refractivity contribution in [1.82, 2.24) is 19.9 Å². The van der Waals surface area contributed by atoms with Gasteiger partial charge in [0.25, 0.3) is 0 Å². The Kier molecular flexibility index (Phi) is 6.48. The predicted octanol–water partition coefficient (Wildman–Crippen LogP) is 12.4. The molecule has 246 valence electrons. The van der Waals surface area contributed by atoms with E-state index in [0.717, 1.165) is 110 Å². The van der Waals surface area contributed by atoms with Gasteiger partial charge in [-0.3, -0.25) is 9.97 Å². The van der Waals surface area contributed by atoms with Crippen LogP contribution in [0.5, 0.6) is 0 Å². The fourth-order valence-electron chi connectivity index (χ4n) is 7.62. The van der Waals surface area contributed by atoms with Crippen molar-refractivity contribution in [3.05, 3.63) is 170 Å². The van der Waals surface area contributed by atoms with E-state index in [4.69, 9.17) is 14.4 Å². The van der Waals surface area contributed by atoms with E-state index >= 15 is 0 Å². The van der Waals surface area contributed by atoms with Crippen LogP contribution >= 0.6 is 0 Å². The van der Waals surface area contributed by atoms with Crippen LogP contribution in [-0.4, -0.2) is 19.9 Å². The van der Waals surface area contributed by atoms with Crippen LogP contribution in [0.15, 0.2) is 175 Å². The van der Waals surface area contributed by atoms with E-state index in [0.29, 0.717) is 0 Å². The summed E-state index contributed by atoms with van der Waals surface area (Å²) in [6.45, 7) is 0. The van der Waals surface area contributed by atoms with E-state index in [2.05, 4.69) is 156 Å². The molecule has 0 aliphatic heterocycles. The molecule has 0 atom stereocenters. The van der Waals surface area contributed by atoms with Crippen LogP contribution in [0.2, 0.25) is 0 Å². The Labute approximate surface area is 303 Å². The van der Waals surface area contributed by atoms with Gasteiger partial charge >= 0.3 is 0 Å². The van der Waals surface area contributed by atoms with E-state index in [1.54, 1.807) is 0 Å². The first-order valence-corrected chi connectivity index (χ1v) is 17.7. The summed E-state index contributed by atoms with van der Waals surface area (Å²) in [5.74, 6) is 0. The van der Waals surface area contributed by atoms with Gasteiger partial charge in [-0.1, -0.05) is 97.1 Å². The van der Waals surface area contributed by atoms with Crippen molar-refractivity contribution in [3.63, 3.8) is 0 Å². The van der Waals surface area contributed by atoms with Crippen LogP contribution in [0.4, 0.5) is 0 Å². The summed E-state index contributed by atoms with van der Waals surface area (Å²) in [5.41, 5.74) is 13.8. The summed E-state index contributed by atoms with van der Waals surface area (Å²) < 4.78 is 6.34. The molecule has 0 aliphatic carbocycles. The molecule has 5 heterocycles. The van der Waals surface area contributed by atoms with Gasteiger partial charge in [-0.15, -0.1) is 0 Å². The van der Waals surface area contributed by atoms with Gasteiger partial charge in [-0.05, 0) is 82.9 Å². The number of hydrogen-bond donors (Lipinski definition) is 0. The monoisotopic (exact) mass is 676 g/mol. The smallest absolute Gasteiger partial charge is 0.135 e. The van der Waals surface area contributed by atoms with Crippen LogP contribution < -0.4 is 0 Å². The maximum absolute atomic E-state index is 6.34. The van der Waals surface area contributed by atoms with E-state index < -0.39 is 0 Å². The first kappa shape index (κ1) is 29.5. The normalized spacial score (nSPS) is 11.8. The van der Waals surface area contributed by atoms with E-state index in [9.17, 15) is 0 Å². The van der Waals surface area contributed by atoms with Crippen molar-refractivity contribution in [2.75, 3.05) is 0 Å². The molecule has 0 bridgehead atoms. The van der Waals surface area contributed by atoms with Gasteiger partial charge in [0, 0.05) is 55.8 Å². The van der Waals surface area contributed by atoms with Crippen LogP contribution in [-0.2, 0) is 0 Å². The summed E-state index contributed by atoms with van der Waals surface area (Å²) in [6.07, 6.45) is 3.66. The number of pyridine rings is 4. The highest BCUT2D eigenvalue weighted by Gasteiger charge is 2.13. The number of hydrogen-bond acceptors (Lipinski definition) is 5. The van der Waals surface area contributed by atoms with Crippen molar-refractivity contribution in [3.8, 4) is 44.8 Å². The topological polar surface area (TPSA) is 64.7 Å². The molecule has 0 saturated carbocycles. The van der Waals surface area contributed by atoms with Gasteiger partial charge in [0.1, 0.15) is 11.2 Å². The second-order valence-corrected chi connectivity index (χ2v) is 13.5. The molecule has 5 nitrogen and oxygen atoms in total. The molecule has 0 N–H and O–H groups in total. The maximum Gasteiger partial charge on any atom is 0.135 e. The Morgan fingerprint density at radius 3 is 1.23 bits per heavy atom. The zero-order valence-corrected chi connectivity index (χ0v) is 28.4. The molecule has 53 heavy (non-hydrogen) atoms. The fourth-order valence-corrected chi connectivity index (χ4v) is 7.62. The van der Waals surface area contributed by atoms with Gasteiger partial charge in [-0.2, -0.15) is 0 Å². The molecule has 0 spiro atoms. The lowest BCUT2D eigenvalue weighted by molar-refractivity contribution is 0.669. The molecule has 0 amide bonds. The molecule has 5 aromatic heterocycles. The van der Waals surface area contributed by atoms with Gasteiger partial charge in [-0.25, -0.2) is 9.97 Å². The Balaban J connectivity index is 0.966. The summed E-state index contributed by atoms with van der Waals surface area (Å²) in [5, 5.41) is 6.50. The van der Waals surface area contributed by atoms with Crippen molar-refractivity contribution in [1.29, 1.82) is 0 Å². The summed E-state index contributed by atoms with van der Waals surface area (Å²) in [6, 6.07) is 55.0. The SMILES string of the molecule is c1cc(-c2ccc3oc4ccc(-c5cccc(-c6ccc7ccc8cccnc8c7n6)c5)cc4c3c2)cc(-c2ccc3ccc4cccnc4c3n2)c1. The van der Waals surface area contributed by atoms with Gasteiger partial charge in [0.2, 0.25) is 0 Å². The number of aromatic nitrogens is 4. The van der Waals surface area contributed by atoms with Crippen molar-refractivity contribution < 1.29 is 4.42 Å². The highest BCUT2D eigenvalue weighted by atomic mass is 16.3. The second kappa shape index (κ2) is 11.7. The minimum Gasteiger partial charge on any atom is -0.456 e. The Morgan fingerprint density at radius 1 is 0.321 bits per heavy atom. The number of benzene rings is 6. The van der Waals surface area contributed by atoms with Crippen LogP contribution in [0.1, 0.15) is 0 Å². The molecule has 0 saturated heterocycles. The summed E-state index contributed by atoms with van der Waals surface area (Å²) >= 11 is 0. The molecular formula is C48H28N4O. The maximum atomic E-state index is 6.34. The lowest BCUT2D eigenvalue weighted by Crippen LogP contribution is -1.89. The molecule has 5 heteroatoms. The van der Waals surface area contributed by atoms with Gasteiger partial charge in [0.05, 0.1) is 33.5 Å². The Bertz CT molecular complexity index is 3040. The van der Waals surface area contributed by atoms with E-state index in [1.165, 1.54) is 0 Å². The highest BCUT2D eigenvalue weighted by molar-refractivity contribution is 6.08. The third kappa shape index (κ3) is 4.94.